The van der Waals surface area contributed by atoms with Gasteiger partial charge in [0.25, 0.3) is 5.91 Å². The maximum atomic E-state index is 12.2. The lowest BCUT2D eigenvalue weighted by molar-refractivity contribution is 0.102. The van der Waals surface area contributed by atoms with E-state index in [4.69, 9.17) is 0 Å². The molecule has 0 saturated heterocycles. The van der Waals surface area contributed by atoms with Crippen LogP contribution in [0.5, 0.6) is 0 Å². The fourth-order valence-corrected chi connectivity index (χ4v) is 2.62. The number of nitrogens with zero attached hydrogens (tertiary/aromatic N) is 2. The number of amides is 1. The average Bonchev–Trinajstić information content (AvgIpc) is 2.97. The molecule has 3 rings (SSSR count). The summed E-state index contributed by atoms with van der Waals surface area (Å²) in [6.07, 6.45) is 3.40. The van der Waals surface area contributed by atoms with Crippen molar-refractivity contribution in [3.05, 3.63) is 65.4 Å². The third kappa shape index (κ3) is 3.48. The van der Waals surface area contributed by atoms with E-state index < -0.39 is 0 Å². The molecular weight excluding hydrogens is 296 g/mol. The minimum Gasteiger partial charge on any atom is -0.330 e. The van der Waals surface area contributed by atoms with E-state index in [0.717, 1.165) is 16.9 Å². The number of rotatable bonds is 4. The molecule has 22 heavy (non-hydrogen) atoms. The molecule has 3 aromatic rings. The maximum absolute atomic E-state index is 12.2. The Morgan fingerprint density at radius 2 is 2.05 bits per heavy atom. The molecule has 0 radical (unpaired) electrons. The number of aromatic nitrogens is 2. The van der Waals surface area contributed by atoms with Crippen molar-refractivity contribution in [1.29, 1.82) is 0 Å². The number of anilines is 3. The highest BCUT2D eigenvalue weighted by atomic mass is 32.1. The summed E-state index contributed by atoms with van der Waals surface area (Å²) in [6.45, 7) is 1.98. The third-order valence-electron chi connectivity index (χ3n) is 2.93. The van der Waals surface area contributed by atoms with Crippen LogP contribution >= 0.6 is 11.3 Å². The summed E-state index contributed by atoms with van der Waals surface area (Å²) < 4.78 is 0. The van der Waals surface area contributed by atoms with Gasteiger partial charge in [-0.15, -0.1) is 11.3 Å². The Hall–Kier alpha value is -2.73. The molecule has 110 valence electrons. The van der Waals surface area contributed by atoms with Gasteiger partial charge in [0.1, 0.15) is 5.69 Å². The van der Waals surface area contributed by atoms with Gasteiger partial charge in [-0.2, -0.15) is 0 Å². The van der Waals surface area contributed by atoms with Gasteiger partial charge in [-0.1, -0.05) is 12.1 Å². The van der Waals surface area contributed by atoms with Crippen LogP contribution in [0.25, 0.3) is 0 Å². The molecule has 1 aromatic carbocycles. The van der Waals surface area contributed by atoms with Crippen LogP contribution in [0.2, 0.25) is 0 Å². The zero-order chi connectivity index (χ0) is 15.4. The van der Waals surface area contributed by atoms with E-state index in [1.54, 1.807) is 17.8 Å². The van der Waals surface area contributed by atoms with Crippen LogP contribution in [0.15, 0.2) is 54.2 Å². The second kappa shape index (κ2) is 6.36. The SMILES string of the molecule is Cc1cccc(NC(=O)c2csc(Nc3cccnc3)n2)c1. The number of hydrogen-bond acceptors (Lipinski definition) is 5. The van der Waals surface area contributed by atoms with Gasteiger partial charge in [0, 0.05) is 17.3 Å². The van der Waals surface area contributed by atoms with Crippen LogP contribution in [-0.4, -0.2) is 15.9 Å². The molecule has 6 heteroatoms. The van der Waals surface area contributed by atoms with Gasteiger partial charge in [-0.05, 0) is 36.8 Å². The highest BCUT2D eigenvalue weighted by Gasteiger charge is 2.11. The van der Waals surface area contributed by atoms with Crippen molar-refractivity contribution in [2.24, 2.45) is 0 Å². The van der Waals surface area contributed by atoms with Crippen molar-refractivity contribution < 1.29 is 4.79 Å². The molecule has 2 N–H and O–H groups in total. The number of benzene rings is 1. The van der Waals surface area contributed by atoms with Gasteiger partial charge in [0.15, 0.2) is 5.13 Å². The Morgan fingerprint density at radius 1 is 1.18 bits per heavy atom. The van der Waals surface area contributed by atoms with E-state index in [9.17, 15) is 4.79 Å². The highest BCUT2D eigenvalue weighted by Crippen LogP contribution is 2.21. The largest absolute Gasteiger partial charge is 0.330 e. The number of thiazole rings is 1. The molecule has 0 aliphatic carbocycles. The monoisotopic (exact) mass is 310 g/mol. The summed E-state index contributed by atoms with van der Waals surface area (Å²) in [7, 11) is 0. The predicted molar refractivity (Wildman–Crippen MR) is 88.8 cm³/mol. The second-order valence-electron chi connectivity index (χ2n) is 4.73. The molecule has 1 amide bonds. The average molecular weight is 310 g/mol. The Bertz CT molecular complexity index is 786. The summed E-state index contributed by atoms with van der Waals surface area (Å²) in [5.74, 6) is -0.221. The molecule has 0 fully saturated rings. The Kier molecular flexibility index (Phi) is 4.11. The number of pyridine rings is 1. The van der Waals surface area contributed by atoms with Crippen molar-refractivity contribution in [3.8, 4) is 0 Å². The van der Waals surface area contributed by atoms with E-state index in [1.807, 2.05) is 43.3 Å². The van der Waals surface area contributed by atoms with Crippen LogP contribution in [0.3, 0.4) is 0 Å². The van der Waals surface area contributed by atoms with Gasteiger partial charge in [-0.25, -0.2) is 4.98 Å². The topological polar surface area (TPSA) is 66.9 Å². The van der Waals surface area contributed by atoms with Gasteiger partial charge < -0.3 is 10.6 Å². The van der Waals surface area contributed by atoms with E-state index >= 15 is 0 Å². The molecule has 2 heterocycles. The third-order valence-corrected chi connectivity index (χ3v) is 3.68. The number of carbonyl (C=O) groups excluding carboxylic acids is 1. The number of carbonyl (C=O) groups is 1. The fourth-order valence-electron chi connectivity index (χ4n) is 1.91. The maximum Gasteiger partial charge on any atom is 0.275 e. The van der Waals surface area contributed by atoms with Crippen molar-refractivity contribution in [3.63, 3.8) is 0 Å². The molecule has 0 unspecified atom stereocenters. The minimum absolute atomic E-state index is 0.221. The first-order valence-electron chi connectivity index (χ1n) is 6.71. The molecule has 0 bridgehead atoms. The first-order chi connectivity index (χ1) is 10.7. The van der Waals surface area contributed by atoms with Crippen LogP contribution in [0.4, 0.5) is 16.5 Å². The Labute approximate surface area is 132 Å². The van der Waals surface area contributed by atoms with E-state index in [0.29, 0.717) is 10.8 Å². The lowest BCUT2D eigenvalue weighted by Gasteiger charge is -2.04. The van der Waals surface area contributed by atoms with Gasteiger partial charge in [-0.3, -0.25) is 9.78 Å². The van der Waals surface area contributed by atoms with Gasteiger partial charge in [0.2, 0.25) is 0 Å². The Morgan fingerprint density at radius 3 is 2.82 bits per heavy atom. The molecule has 0 aliphatic heterocycles. The van der Waals surface area contributed by atoms with Crippen molar-refractivity contribution >= 4 is 33.8 Å². The smallest absolute Gasteiger partial charge is 0.275 e. The van der Waals surface area contributed by atoms with Crippen LogP contribution in [0, 0.1) is 6.92 Å². The first kappa shape index (κ1) is 14.2. The standard InChI is InChI=1S/C16H14N4OS/c1-11-4-2-5-12(8-11)18-15(21)14-10-22-16(20-14)19-13-6-3-7-17-9-13/h2-10H,1H3,(H,18,21)(H,19,20). The number of aryl methyl sites for hydroxylation is 1. The van der Waals surface area contributed by atoms with Crippen molar-refractivity contribution in [2.45, 2.75) is 6.92 Å². The lowest BCUT2D eigenvalue weighted by atomic mass is 10.2. The first-order valence-corrected chi connectivity index (χ1v) is 7.59. The highest BCUT2D eigenvalue weighted by molar-refractivity contribution is 7.14. The molecule has 0 spiro atoms. The summed E-state index contributed by atoms with van der Waals surface area (Å²) in [5.41, 5.74) is 3.08. The zero-order valence-electron chi connectivity index (χ0n) is 11.9. The molecule has 0 aliphatic rings. The normalized spacial score (nSPS) is 10.2. The molecule has 2 aromatic heterocycles. The second-order valence-corrected chi connectivity index (χ2v) is 5.59. The summed E-state index contributed by atoms with van der Waals surface area (Å²) >= 11 is 1.38. The summed E-state index contributed by atoms with van der Waals surface area (Å²) in [6, 6.07) is 11.4. The molecule has 0 atom stereocenters. The van der Waals surface area contributed by atoms with E-state index in [2.05, 4.69) is 20.6 Å². The molecule has 0 saturated carbocycles. The number of hydrogen-bond donors (Lipinski definition) is 2. The summed E-state index contributed by atoms with van der Waals surface area (Å²) in [4.78, 5) is 20.5. The van der Waals surface area contributed by atoms with Crippen LogP contribution in [0.1, 0.15) is 16.1 Å². The van der Waals surface area contributed by atoms with E-state index in [-0.39, 0.29) is 5.91 Å². The summed E-state index contributed by atoms with van der Waals surface area (Å²) in [5, 5.41) is 8.34. The number of nitrogens with one attached hydrogen (secondary N) is 2. The Balaban J connectivity index is 1.69. The van der Waals surface area contributed by atoms with Crippen molar-refractivity contribution in [1.82, 2.24) is 9.97 Å². The quantitative estimate of drug-likeness (QED) is 0.768. The zero-order valence-corrected chi connectivity index (χ0v) is 12.7. The molecule has 5 nitrogen and oxygen atoms in total. The van der Waals surface area contributed by atoms with Crippen LogP contribution in [-0.2, 0) is 0 Å². The van der Waals surface area contributed by atoms with Crippen molar-refractivity contribution in [2.75, 3.05) is 10.6 Å². The lowest BCUT2D eigenvalue weighted by Crippen LogP contribution is -2.12. The van der Waals surface area contributed by atoms with Gasteiger partial charge >= 0.3 is 0 Å². The van der Waals surface area contributed by atoms with Crippen LogP contribution < -0.4 is 10.6 Å². The minimum atomic E-state index is -0.221. The molecular formula is C16H14N4OS. The predicted octanol–water partition coefficient (Wildman–Crippen LogP) is 3.84. The van der Waals surface area contributed by atoms with E-state index in [1.165, 1.54) is 11.3 Å². The van der Waals surface area contributed by atoms with Gasteiger partial charge in [0.05, 0.1) is 11.9 Å². The fraction of sp³-hybridized carbons (Fsp3) is 0.0625.